The number of hydrogen-bond acceptors (Lipinski definition) is 7. The zero-order valence-electron chi connectivity index (χ0n) is 19.3. The van der Waals surface area contributed by atoms with Crippen LogP contribution in [0.2, 0.25) is 0 Å². The van der Waals surface area contributed by atoms with Gasteiger partial charge in [-0.15, -0.1) is 10.2 Å². The maximum absolute atomic E-state index is 13.4. The van der Waals surface area contributed by atoms with E-state index >= 15 is 0 Å². The van der Waals surface area contributed by atoms with E-state index < -0.39 is 5.97 Å². The van der Waals surface area contributed by atoms with E-state index in [4.69, 9.17) is 9.47 Å². The molecule has 0 saturated carbocycles. The van der Waals surface area contributed by atoms with Crippen molar-refractivity contribution in [2.24, 2.45) is 11.8 Å². The molecule has 3 aromatic rings. The predicted octanol–water partition coefficient (Wildman–Crippen LogP) is 3.12. The summed E-state index contributed by atoms with van der Waals surface area (Å²) in [6.07, 6.45) is 3.24. The van der Waals surface area contributed by atoms with E-state index in [0.717, 1.165) is 40.8 Å². The van der Waals surface area contributed by atoms with Gasteiger partial charge in [0.15, 0.2) is 0 Å². The van der Waals surface area contributed by atoms with E-state index in [1.54, 1.807) is 11.8 Å². The van der Waals surface area contributed by atoms with Crippen LogP contribution in [0.5, 0.6) is 0 Å². The maximum Gasteiger partial charge on any atom is 0.332 e. The van der Waals surface area contributed by atoms with Crippen molar-refractivity contribution in [3.63, 3.8) is 0 Å². The Kier molecular flexibility index (Phi) is 5.41. The summed E-state index contributed by atoms with van der Waals surface area (Å²) in [7, 11) is 0. The first-order valence-corrected chi connectivity index (χ1v) is 11.9. The lowest BCUT2D eigenvalue weighted by Crippen LogP contribution is -2.31. The van der Waals surface area contributed by atoms with Gasteiger partial charge in [0.2, 0.25) is 11.7 Å². The Balaban J connectivity index is 1.28. The number of tetrazole rings is 1. The lowest BCUT2D eigenvalue weighted by molar-refractivity contribution is -0.137. The van der Waals surface area contributed by atoms with Crippen molar-refractivity contribution >= 4 is 11.9 Å². The molecule has 3 saturated heterocycles. The minimum Gasteiger partial charge on any atom is -0.463 e. The highest BCUT2D eigenvalue weighted by atomic mass is 16.5. The van der Waals surface area contributed by atoms with Crippen molar-refractivity contribution in [3.05, 3.63) is 65.9 Å². The number of nitrogens with one attached hydrogen (secondary N) is 1. The maximum atomic E-state index is 13.4. The van der Waals surface area contributed by atoms with Crippen molar-refractivity contribution in [1.29, 1.82) is 0 Å². The van der Waals surface area contributed by atoms with Gasteiger partial charge in [-0.05, 0) is 41.7 Å². The number of rotatable bonds is 6. The third-order valence-electron chi connectivity index (χ3n) is 7.15. The zero-order valence-corrected chi connectivity index (χ0v) is 19.3. The largest absolute Gasteiger partial charge is 0.463 e. The number of esters is 1. The Labute approximate surface area is 202 Å². The number of nitrogens with zero attached hydrogens (tertiary/aromatic N) is 4. The molecule has 0 radical (unpaired) electrons. The summed E-state index contributed by atoms with van der Waals surface area (Å²) in [5.74, 6) is -0.145. The summed E-state index contributed by atoms with van der Waals surface area (Å²) in [6, 6.07) is 16.0. The SMILES string of the molecule is CCOC(=O)/C=C1\C2C3CCC(O3)C2C(=O)N1Cc1ccc(-c2ccccc2-c2nn[nH]n2)cc1. The van der Waals surface area contributed by atoms with E-state index in [1.807, 2.05) is 48.5 Å². The van der Waals surface area contributed by atoms with Crippen LogP contribution in [0, 0.1) is 11.8 Å². The highest BCUT2D eigenvalue weighted by Crippen LogP contribution is 2.52. The molecule has 4 unspecified atom stereocenters. The van der Waals surface area contributed by atoms with Crippen LogP contribution in [-0.4, -0.2) is 56.2 Å². The minimum absolute atomic E-state index is 0.0105. The molecule has 1 N–H and O–H groups in total. The van der Waals surface area contributed by atoms with E-state index in [0.29, 0.717) is 19.0 Å². The van der Waals surface area contributed by atoms with Crippen LogP contribution >= 0.6 is 0 Å². The molecule has 3 aliphatic heterocycles. The van der Waals surface area contributed by atoms with Gasteiger partial charge in [0.1, 0.15) is 0 Å². The number of hydrogen-bond donors (Lipinski definition) is 1. The average molecular weight is 472 g/mol. The molecule has 6 rings (SSSR count). The summed E-state index contributed by atoms with van der Waals surface area (Å²) in [5, 5.41) is 14.4. The van der Waals surface area contributed by atoms with Gasteiger partial charge in [-0.2, -0.15) is 5.21 Å². The van der Waals surface area contributed by atoms with Gasteiger partial charge in [0.25, 0.3) is 0 Å². The number of aromatic amines is 1. The lowest BCUT2D eigenvalue weighted by Gasteiger charge is -2.23. The Morgan fingerprint density at radius 2 is 1.86 bits per heavy atom. The van der Waals surface area contributed by atoms with Crippen molar-refractivity contribution in [3.8, 4) is 22.5 Å². The molecule has 0 aliphatic carbocycles. The van der Waals surface area contributed by atoms with Gasteiger partial charge in [-0.3, -0.25) is 4.79 Å². The quantitative estimate of drug-likeness (QED) is 0.434. The summed E-state index contributed by atoms with van der Waals surface area (Å²) in [5.41, 5.74) is 4.57. The predicted molar refractivity (Wildman–Crippen MR) is 125 cm³/mol. The number of H-pyrrole nitrogens is 1. The highest BCUT2D eigenvalue weighted by Gasteiger charge is 2.60. The number of fused-ring (bicyclic) bond motifs is 5. The number of carbonyl (C=O) groups is 2. The van der Waals surface area contributed by atoms with Crippen LogP contribution in [0.15, 0.2) is 60.3 Å². The van der Waals surface area contributed by atoms with Crippen molar-refractivity contribution in [1.82, 2.24) is 25.5 Å². The van der Waals surface area contributed by atoms with Gasteiger partial charge >= 0.3 is 5.97 Å². The van der Waals surface area contributed by atoms with E-state index in [1.165, 1.54) is 6.08 Å². The zero-order chi connectivity index (χ0) is 23.9. The first-order chi connectivity index (χ1) is 17.1. The number of amides is 1. The van der Waals surface area contributed by atoms with Crippen LogP contribution in [0.4, 0.5) is 0 Å². The first kappa shape index (κ1) is 21.7. The molecule has 0 spiro atoms. The average Bonchev–Trinajstić information content (AvgIpc) is 3.67. The molecule has 3 aliphatic rings. The first-order valence-electron chi connectivity index (χ1n) is 11.9. The molecular weight excluding hydrogens is 446 g/mol. The van der Waals surface area contributed by atoms with Gasteiger partial charge in [-0.25, -0.2) is 4.79 Å². The van der Waals surface area contributed by atoms with Gasteiger partial charge < -0.3 is 14.4 Å². The van der Waals surface area contributed by atoms with Crippen LogP contribution in [0.25, 0.3) is 22.5 Å². The molecule has 1 amide bonds. The van der Waals surface area contributed by atoms with Gasteiger partial charge in [0, 0.05) is 23.3 Å². The molecule has 4 atom stereocenters. The Morgan fingerprint density at radius 3 is 2.57 bits per heavy atom. The van der Waals surface area contributed by atoms with Crippen LogP contribution < -0.4 is 0 Å². The topological polar surface area (TPSA) is 110 Å². The van der Waals surface area contributed by atoms with E-state index in [9.17, 15) is 9.59 Å². The summed E-state index contributed by atoms with van der Waals surface area (Å²) >= 11 is 0. The molecule has 3 fully saturated rings. The summed E-state index contributed by atoms with van der Waals surface area (Å²) in [4.78, 5) is 27.5. The summed E-state index contributed by atoms with van der Waals surface area (Å²) in [6.45, 7) is 2.46. The highest BCUT2D eigenvalue weighted by molar-refractivity contribution is 5.90. The van der Waals surface area contributed by atoms with Crippen molar-refractivity contribution in [2.75, 3.05) is 6.61 Å². The molecule has 2 aromatic carbocycles. The molecule has 2 bridgehead atoms. The Morgan fingerprint density at radius 1 is 1.11 bits per heavy atom. The standard InChI is InChI=1S/C26H25N5O4/c1-2-34-22(32)13-19-23-20-11-12-21(35-20)24(23)26(33)31(19)14-15-7-9-16(10-8-15)17-5-3-4-6-18(17)25-27-29-30-28-25/h3-10,13,20-21,23-24H,2,11-12,14H2,1H3,(H,27,28,29,30)/b19-13+. The smallest absolute Gasteiger partial charge is 0.332 e. The second-order valence-electron chi connectivity index (χ2n) is 9.07. The lowest BCUT2D eigenvalue weighted by atomic mass is 9.80. The summed E-state index contributed by atoms with van der Waals surface area (Å²) < 4.78 is 11.2. The van der Waals surface area contributed by atoms with Gasteiger partial charge in [0.05, 0.1) is 31.3 Å². The second-order valence-corrected chi connectivity index (χ2v) is 9.07. The number of ether oxygens (including phenoxy) is 2. The normalized spacial score (nSPS) is 25.9. The minimum atomic E-state index is -0.419. The molecule has 9 nitrogen and oxygen atoms in total. The molecule has 4 heterocycles. The fourth-order valence-corrected chi connectivity index (χ4v) is 5.68. The Hall–Kier alpha value is -3.85. The monoisotopic (exact) mass is 471 g/mol. The molecular formula is C26H25N5O4. The molecule has 9 heteroatoms. The van der Waals surface area contributed by atoms with Gasteiger partial charge in [-0.1, -0.05) is 48.5 Å². The van der Waals surface area contributed by atoms with Crippen LogP contribution in [0.1, 0.15) is 25.3 Å². The molecule has 35 heavy (non-hydrogen) atoms. The van der Waals surface area contributed by atoms with Crippen LogP contribution in [-0.2, 0) is 25.6 Å². The molecule has 178 valence electrons. The second kappa shape index (κ2) is 8.74. The Bertz CT molecular complexity index is 1290. The number of likely N-dealkylation sites (tertiary alicyclic amines) is 1. The molecule has 1 aromatic heterocycles. The van der Waals surface area contributed by atoms with E-state index in [2.05, 4.69) is 20.6 Å². The van der Waals surface area contributed by atoms with Crippen LogP contribution in [0.3, 0.4) is 0 Å². The van der Waals surface area contributed by atoms with Crippen molar-refractivity contribution in [2.45, 2.75) is 38.5 Å². The van der Waals surface area contributed by atoms with E-state index in [-0.39, 0.29) is 30.0 Å². The third-order valence-corrected chi connectivity index (χ3v) is 7.15. The van der Waals surface area contributed by atoms with Crippen molar-refractivity contribution < 1.29 is 19.1 Å². The fourth-order valence-electron chi connectivity index (χ4n) is 5.68. The number of benzene rings is 2. The third kappa shape index (κ3) is 3.72. The number of aromatic nitrogens is 4. The fraction of sp³-hybridized carbons (Fsp3) is 0.346. The number of carbonyl (C=O) groups excluding carboxylic acids is 2.